The van der Waals surface area contributed by atoms with Crippen LogP contribution in [0.4, 0.5) is 0 Å². The van der Waals surface area contributed by atoms with Gasteiger partial charge >= 0.3 is 0 Å². The van der Waals surface area contributed by atoms with E-state index < -0.39 is 0 Å². The van der Waals surface area contributed by atoms with E-state index in [1.807, 2.05) is 0 Å². The van der Waals surface area contributed by atoms with Crippen LogP contribution in [0.5, 0.6) is 0 Å². The lowest BCUT2D eigenvalue weighted by Gasteiger charge is -1.77. The fourth-order valence-electron chi connectivity index (χ4n) is 0.139. The Kier molecular flexibility index (Phi) is 3.38. The third-order valence-electron chi connectivity index (χ3n) is 0.288. The normalized spacial score (nSPS) is 14.7. The van der Waals surface area contributed by atoms with Crippen LogP contribution in [-0.4, -0.2) is 0 Å². The first-order chi connectivity index (χ1) is 2.50. The standard InChI is InChI=1S/C2H3NOS.H3P/c1-2-4-5-3-1;/h1-3H;1H3. The summed E-state index contributed by atoms with van der Waals surface area (Å²) in [5.41, 5.74) is 0. The summed E-state index contributed by atoms with van der Waals surface area (Å²) in [5, 5.41) is 0. The van der Waals surface area contributed by atoms with Crippen molar-refractivity contribution in [2.75, 3.05) is 0 Å². The van der Waals surface area contributed by atoms with Crippen molar-refractivity contribution >= 4 is 22.1 Å². The Morgan fingerprint density at radius 3 is 2.67 bits per heavy atom. The van der Waals surface area contributed by atoms with Crippen molar-refractivity contribution in [3.8, 4) is 0 Å². The minimum absolute atomic E-state index is 0. The molecule has 0 fully saturated rings. The molecule has 0 bridgehead atoms. The van der Waals surface area contributed by atoms with Gasteiger partial charge in [-0.3, -0.25) is 0 Å². The fraction of sp³-hybridized carbons (Fsp3) is 0. The highest BCUT2D eigenvalue weighted by Gasteiger charge is 1.83. The summed E-state index contributed by atoms with van der Waals surface area (Å²) in [4.78, 5) is 0. The lowest BCUT2D eigenvalue weighted by atomic mass is 11.0. The number of rotatable bonds is 0. The smallest absolute Gasteiger partial charge is 0.175 e. The quantitative estimate of drug-likeness (QED) is 0.291. The third kappa shape index (κ3) is 1.53. The summed E-state index contributed by atoms with van der Waals surface area (Å²) in [6, 6.07) is 0. The lowest BCUT2D eigenvalue weighted by molar-refractivity contribution is 0.578. The molecule has 1 N–H and O–H groups in total. The van der Waals surface area contributed by atoms with Gasteiger partial charge < -0.3 is 8.91 Å². The van der Waals surface area contributed by atoms with Gasteiger partial charge in [-0.15, -0.1) is 0 Å². The molecule has 2 nitrogen and oxygen atoms in total. The van der Waals surface area contributed by atoms with Gasteiger partial charge in [0.1, 0.15) is 6.26 Å². The van der Waals surface area contributed by atoms with E-state index in [0.29, 0.717) is 0 Å². The van der Waals surface area contributed by atoms with Gasteiger partial charge in [-0.05, 0) is 0 Å². The molecule has 1 aliphatic rings. The van der Waals surface area contributed by atoms with Gasteiger partial charge in [-0.25, -0.2) is 0 Å². The summed E-state index contributed by atoms with van der Waals surface area (Å²) < 4.78 is 7.31. The largest absolute Gasteiger partial charge is 0.412 e. The maximum absolute atomic E-state index is 4.57. The number of hydrogen-bond donors (Lipinski definition) is 1. The SMILES string of the molecule is C1=COSN1.P. The average molecular weight is 123 g/mol. The van der Waals surface area contributed by atoms with Crippen LogP contribution in [0.15, 0.2) is 12.5 Å². The monoisotopic (exact) mass is 123 g/mol. The molecular weight excluding hydrogens is 117 g/mol. The number of nitrogens with one attached hydrogen (secondary N) is 1. The Bertz CT molecular complexity index is 51.5. The predicted molar refractivity (Wildman–Crippen MR) is 32.1 cm³/mol. The van der Waals surface area contributed by atoms with Gasteiger partial charge in [0.25, 0.3) is 0 Å². The van der Waals surface area contributed by atoms with Crippen molar-refractivity contribution in [3.05, 3.63) is 12.5 Å². The van der Waals surface area contributed by atoms with E-state index in [1.54, 1.807) is 12.5 Å². The van der Waals surface area contributed by atoms with Crippen LogP contribution in [0.2, 0.25) is 0 Å². The molecule has 1 heterocycles. The molecule has 0 aromatic carbocycles. The Hall–Kier alpha value is 0.120. The first kappa shape index (κ1) is 6.12. The van der Waals surface area contributed by atoms with E-state index in [9.17, 15) is 0 Å². The molecule has 1 atom stereocenters. The van der Waals surface area contributed by atoms with Gasteiger partial charge in [0.15, 0.2) is 12.2 Å². The highest BCUT2D eigenvalue weighted by Crippen LogP contribution is 2.01. The van der Waals surface area contributed by atoms with E-state index in [4.69, 9.17) is 0 Å². The second kappa shape index (κ2) is 3.32. The van der Waals surface area contributed by atoms with Crippen LogP contribution >= 0.6 is 22.1 Å². The van der Waals surface area contributed by atoms with Gasteiger partial charge in [0, 0.05) is 6.20 Å². The molecule has 0 spiro atoms. The van der Waals surface area contributed by atoms with Crippen LogP contribution in [0.1, 0.15) is 0 Å². The van der Waals surface area contributed by atoms with Crippen molar-refractivity contribution in [2.45, 2.75) is 0 Å². The topological polar surface area (TPSA) is 21.3 Å². The maximum atomic E-state index is 4.57. The van der Waals surface area contributed by atoms with Crippen LogP contribution in [0.25, 0.3) is 0 Å². The van der Waals surface area contributed by atoms with Crippen molar-refractivity contribution in [3.63, 3.8) is 0 Å². The molecular formula is C2H6NOPS. The molecule has 0 saturated carbocycles. The molecule has 1 rings (SSSR count). The van der Waals surface area contributed by atoms with Crippen molar-refractivity contribution in [2.24, 2.45) is 0 Å². The van der Waals surface area contributed by atoms with Gasteiger partial charge in [0.05, 0.1) is 0 Å². The molecule has 0 radical (unpaired) electrons. The molecule has 0 aromatic rings. The first-order valence-electron chi connectivity index (χ1n) is 1.23. The Balaban J connectivity index is 0.000000250. The zero-order valence-electron chi connectivity index (χ0n) is 3.18. The van der Waals surface area contributed by atoms with Crippen molar-refractivity contribution < 1.29 is 4.18 Å². The molecule has 36 valence electrons. The minimum Gasteiger partial charge on any atom is -0.412 e. The van der Waals surface area contributed by atoms with Crippen molar-refractivity contribution in [1.82, 2.24) is 4.72 Å². The summed E-state index contributed by atoms with van der Waals surface area (Å²) in [7, 11) is 0. The van der Waals surface area contributed by atoms with E-state index in [-0.39, 0.29) is 9.90 Å². The average Bonchev–Trinajstić information content (AvgIpc) is 1.76. The minimum atomic E-state index is 0. The zero-order chi connectivity index (χ0) is 3.54. The predicted octanol–water partition coefficient (Wildman–Crippen LogP) is 0.699. The summed E-state index contributed by atoms with van der Waals surface area (Å²) in [5.74, 6) is 0. The lowest BCUT2D eigenvalue weighted by Crippen LogP contribution is -1.77. The van der Waals surface area contributed by atoms with Crippen LogP contribution in [0.3, 0.4) is 0 Å². The zero-order valence-corrected chi connectivity index (χ0v) is 5.41. The van der Waals surface area contributed by atoms with Gasteiger partial charge in [-0.2, -0.15) is 9.90 Å². The van der Waals surface area contributed by atoms with Gasteiger partial charge in [0.2, 0.25) is 0 Å². The molecule has 1 unspecified atom stereocenters. The van der Waals surface area contributed by atoms with Crippen molar-refractivity contribution in [1.29, 1.82) is 0 Å². The summed E-state index contributed by atoms with van der Waals surface area (Å²) >= 11 is 1.21. The highest BCUT2D eigenvalue weighted by atomic mass is 32.2. The fourth-order valence-corrected chi connectivity index (χ4v) is 0.417. The van der Waals surface area contributed by atoms with E-state index in [1.165, 1.54) is 12.2 Å². The molecule has 0 aliphatic carbocycles. The second-order valence-electron chi connectivity index (χ2n) is 0.600. The maximum Gasteiger partial charge on any atom is 0.175 e. The third-order valence-corrected chi connectivity index (χ3v) is 0.728. The van der Waals surface area contributed by atoms with E-state index >= 15 is 0 Å². The number of hydrogen-bond acceptors (Lipinski definition) is 3. The molecule has 0 saturated heterocycles. The first-order valence-corrected chi connectivity index (χ1v) is 1.97. The van der Waals surface area contributed by atoms with Gasteiger partial charge in [-0.1, -0.05) is 0 Å². The Labute approximate surface area is 44.3 Å². The Morgan fingerprint density at radius 1 is 1.67 bits per heavy atom. The molecule has 6 heavy (non-hydrogen) atoms. The van der Waals surface area contributed by atoms with Crippen LogP contribution < -0.4 is 4.72 Å². The molecule has 1 aliphatic heterocycles. The Morgan fingerprint density at radius 2 is 2.50 bits per heavy atom. The van der Waals surface area contributed by atoms with E-state index in [2.05, 4.69) is 8.91 Å². The molecule has 0 aromatic heterocycles. The highest BCUT2D eigenvalue weighted by molar-refractivity contribution is 7.93. The second-order valence-corrected chi connectivity index (χ2v) is 1.19. The van der Waals surface area contributed by atoms with Crippen LogP contribution in [-0.2, 0) is 4.18 Å². The van der Waals surface area contributed by atoms with E-state index in [0.717, 1.165) is 0 Å². The summed E-state index contributed by atoms with van der Waals surface area (Å²) in [6.45, 7) is 0. The van der Waals surface area contributed by atoms with Crippen LogP contribution in [0, 0.1) is 0 Å². The summed E-state index contributed by atoms with van der Waals surface area (Å²) in [6.07, 6.45) is 3.31. The molecule has 0 amide bonds. The molecule has 4 heteroatoms.